The zero-order valence-electron chi connectivity index (χ0n) is 16.9. The van der Waals surface area contributed by atoms with Crippen molar-refractivity contribution >= 4 is 11.8 Å². The van der Waals surface area contributed by atoms with Gasteiger partial charge in [-0.1, -0.05) is 12.5 Å². The molecular weight excluding hydrogens is 384 g/mol. The van der Waals surface area contributed by atoms with Gasteiger partial charge in [0.05, 0.1) is 25.5 Å². The second-order valence-electron chi connectivity index (χ2n) is 8.46. The van der Waals surface area contributed by atoms with Crippen LogP contribution in [0.3, 0.4) is 0 Å². The quantitative estimate of drug-likeness (QED) is 0.582. The average Bonchev–Trinajstić information content (AvgIpc) is 2.73. The van der Waals surface area contributed by atoms with Crippen LogP contribution in [0.15, 0.2) is 30.3 Å². The maximum atomic E-state index is 13.0. The lowest BCUT2D eigenvalue weighted by molar-refractivity contribution is -0.135. The predicted molar refractivity (Wildman–Crippen MR) is 109 cm³/mol. The molecule has 2 aromatic rings. The molecule has 2 heterocycles. The molecule has 0 saturated heterocycles. The molecule has 1 N–H and O–H groups in total. The average molecular weight is 408 g/mol. The van der Waals surface area contributed by atoms with Crippen molar-refractivity contribution in [2.75, 3.05) is 7.11 Å². The molecule has 1 spiro atoms. The van der Waals surface area contributed by atoms with Crippen LogP contribution in [0.25, 0.3) is 0 Å². The Balaban J connectivity index is 1.65. The number of rotatable bonds is 2. The van der Waals surface area contributed by atoms with E-state index in [0.29, 0.717) is 29.2 Å². The van der Waals surface area contributed by atoms with Gasteiger partial charge in [0.15, 0.2) is 17.3 Å². The van der Waals surface area contributed by atoms with Crippen molar-refractivity contribution in [2.45, 2.75) is 56.5 Å². The van der Waals surface area contributed by atoms with Crippen LogP contribution < -0.4 is 14.2 Å². The normalized spacial score (nSPS) is 22.0. The van der Waals surface area contributed by atoms with Gasteiger partial charge in [-0.25, -0.2) is 0 Å². The van der Waals surface area contributed by atoms with Crippen molar-refractivity contribution in [3.8, 4) is 23.0 Å². The summed E-state index contributed by atoms with van der Waals surface area (Å²) < 4.78 is 17.3. The van der Waals surface area contributed by atoms with Gasteiger partial charge in [0.1, 0.15) is 17.1 Å². The molecule has 2 aliphatic heterocycles. The van der Waals surface area contributed by atoms with Crippen molar-refractivity contribution in [2.24, 2.45) is 0 Å². The molecule has 6 nitrogen and oxygen atoms in total. The fourth-order valence-electron chi connectivity index (χ4n) is 5.09. The number of carbonyl (C=O) groups excluding carboxylic acids is 2. The summed E-state index contributed by atoms with van der Waals surface area (Å²) in [5, 5.41) is 10.3. The molecule has 0 amide bonds. The smallest absolute Gasteiger partial charge is 0.312 e. The Hall–Kier alpha value is -3.02. The first kappa shape index (κ1) is 19.0. The third kappa shape index (κ3) is 3.02. The highest BCUT2D eigenvalue weighted by atomic mass is 16.5. The van der Waals surface area contributed by atoms with E-state index < -0.39 is 5.60 Å². The number of fused-ring (bicyclic) bond motifs is 3. The second-order valence-corrected chi connectivity index (χ2v) is 8.46. The number of carbonyl (C=O) groups is 2. The fraction of sp³-hybridized carbons (Fsp3) is 0.417. The molecule has 1 fully saturated rings. The standard InChI is InChI=1S/C24H24O6/c1-28-19-7-5-14(11-17(19)25)16-12-21(27)29-20-8-6-15-18(26)13-24(9-3-2-4-10-24)30-23(15)22(16)20/h5-8,11,16,25H,2-4,9-10,12-13H2,1H3. The Morgan fingerprint density at radius 3 is 2.63 bits per heavy atom. The number of phenols is 1. The summed E-state index contributed by atoms with van der Waals surface area (Å²) in [6, 6.07) is 8.49. The molecule has 30 heavy (non-hydrogen) atoms. The van der Waals surface area contributed by atoms with E-state index in [0.717, 1.165) is 43.2 Å². The van der Waals surface area contributed by atoms with Crippen LogP contribution in [0, 0.1) is 0 Å². The first-order valence-electron chi connectivity index (χ1n) is 10.5. The zero-order chi connectivity index (χ0) is 20.9. The molecular formula is C24H24O6. The van der Waals surface area contributed by atoms with E-state index >= 15 is 0 Å². The van der Waals surface area contributed by atoms with Gasteiger partial charge in [-0.15, -0.1) is 0 Å². The Labute approximate surface area is 174 Å². The van der Waals surface area contributed by atoms with Gasteiger partial charge in [-0.05, 0) is 55.5 Å². The number of esters is 1. The van der Waals surface area contributed by atoms with Crippen molar-refractivity contribution in [3.05, 3.63) is 47.0 Å². The van der Waals surface area contributed by atoms with Crippen molar-refractivity contribution < 1.29 is 28.9 Å². The minimum absolute atomic E-state index is 0.000958. The Kier molecular flexibility index (Phi) is 4.45. The SMILES string of the molecule is COc1ccc(C2CC(=O)Oc3ccc4c(c32)OC2(CCCCC2)CC4=O)cc1O. The van der Waals surface area contributed by atoms with Gasteiger partial charge in [0.25, 0.3) is 0 Å². The summed E-state index contributed by atoms with van der Waals surface area (Å²) in [6.07, 6.45) is 5.47. The van der Waals surface area contributed by atoms with Crippen LogP contribution in [0.2, 0.25) is 0 Å². The summed E-state index contributed by atoms with van der Waals surface area (Å²) in [6.45, 7) is 0. The molecule has 0 aromatic heterocycles. The third-order valence-electron chi connectivity index (χ3n) is 6.57. The number of methoxy groups -OCH3 is 1. The molecule has 1 saturated carbocycles. The lowest BCUT2D eigenvalue weighted by atomic mass is 9.76. The van der Waals surface area contributed by atoms with Gasteiger partial charge in [0.2, 0.25) is 0 Å². The van der Waals surface area contributed by atoms with Gasteiger partial charge in [-0.3, -0.25) is 9.59 Å². The Bertz CT molecular complexity index is 1030. The minimum atomic E-state index is -0.467. The maximum absolute atomic E-state index is 13.0. The summed E-state index contributed by atoms with van der Waals surface area (Å²) in [4.78, 5) is 25.4. The summed E-state index contributed by atoms with van der Waals surface area (Å²) in [5.41, 5.74) is 1.55. The van der Waals surface area contributed by atoms with Crippen LogP contribution in [0.1, 0.15) is 72.3 Å². The largest absolute Gasteiger partial charge is 0.504 e. The number of hydrogen-bond acceptors (Lipinski definition) is 6. The van der Waals surface area contributed by atoms with E-state index in [1.807, 2.05) is 6.07 Å². The number of ketones is 1. The van der Waals surface area contributed by atoms with E-state index in [1.165, 1.54) is 7.11 Å². The van der Waals surface area contributed by atoms with E-state index in [2.05, 4.69) is 0 Å². The first-order chi connectivity index (χ1) is 14.5. The molecule has 0 bridgehead atoms. The summed E-state index contributed by atoms with van der Waals surface area (Å²) in [7, 11) is 1.49. The number of phenolic OH excluding ortho intramolecular Hbond substituents is 1. The van der Waals surface area contributed by atoms with Gasteiger partial charge in [0, 0.05) is 11.5 Å². The molecule has 1 unspecified atom stereocenters. The summed E-state index contributed by atoms with van der Waals surface area (Å²) in [5.74, 6) is 0.677. The maximum Gasteiger partial charge on any atom is 0.312 e. The molecule has 1 aliphatic carbocycles. The van der Waals surface area contributed by atoms with Crippen LogP contribution in [-0.4, -0.2) is 29.6 Å². The minimum Gasteiger partial charge on any atom is -0.504 e. The van der Waals surface area contributed by atoms with E-state index in [-0.39, 0.29) is 29.8 Å². The Morgan fingerprint density at radius 1 is 1.10 bits per heavy atom. The monoisotopic (exact) mass is 408 g/mol. The number of aromatic hydroxyl groups is 1. The zero-order valence-corrected chi connectivity index (χ0v) is 16.9. The number of hydrogen-bond donors (Lipinski definition) is 1. The molecule has 3 aliphatic rings. The number of Topliss-reactive ketones (excluding diaryl/α,β-unsaturated/α-hetero) is 1. The highest BCUT2D eigenvalue weighted by Gasteiger charge is 2.44. The highest BCUT2D eigenvalue weighted by molar-refractivity contribution is 6.01. The Morgan fingerprint density at radius 2 is 1.90 bits per heavy atom. The molecule has 6 heteroatoms. The van der Waals surface area contributed by atoms with Crippen LogP contribution in [0.4, 0.5) is 0 Å². The first-order valence-corrected chi connectivity index (χ1v) is 10.5. The third-order valence-corrected chi connectivity index (χ3v) is 6.57. The predicted octanol–water partition coefficient (Wildman–Crippen LogP) is 4.51. The van der Waals surface area contributed by atoms with Crippen LogP contribution in [0.5, 0.6) is 23.0 Å². The lowest BCUT2D eigenvalue weighted by Gasteiger charge is -2.42. The fourth-order valence-corrected chi connectivity index (χ4v) is 5.09. The van der Waals surface area contributed by atoms with Crippen molar-refractivity contribution in [1.29, 1.82) is 0 Å². The highest BCUT2D eigenvalue weighted by Crippen LogP contribution is 2.51. The topological polar surface area (TPSA) is 82.1 Å². The van der Waals surface area contributed by atoms with Gasteiger partial charge in [-0.2, -0.15) is 0 Å². The van der Waals surface area contributed by atoms with Gasteiger partial charge >= 0.3 is 5.97 Å². The molecule has 0 radical (unpaired) electrons. The number of benzene rings is 2. The van der Waals surface area contributed by atoms with E-state index in [4.69, 9.17) is 14.2 Å². The van der Waals surface area contributed by atoms with Crippen molar-refractivity contribution in [1.82, 2.24) is 0 Å². The molecule has 2 aromatic carbocycles. The molecule has 156 valence electrons. The molecule has 1 atom stereocenters. The van der Waals surface area contributed by atoms with E-state index in [9.17, 15) is 14.7 Å². The lowest BCUT2D eigenvalue weighted by Crippen LogP contribution is -2.44. The van der Waals surface area contributed by atoms with E-state index in [1.54, 1.807) is 24.3 Å². The molecule has 5 rings (SSSR count). The number of ether oxygens (including phenoxy) is 3. The van der Waals surface area contributed by atoms with Crippen LogP contribution in [-0.2, 0) is 4.79 Å². The van der Waals surface area contributed by atoms with Crippen LogP contribution >= 0.6 is 0 Å². The van der Waals surface area contributed by atoms with Crippen molar-refractivity contribution in [3.63, 3.8) is 0 Å². The van der Waals surface area contributed by atoms with Gasteiger partial charge < -0.3 is 19.3 Å². The summed E-state index contributed by atoms with van der Waals surface area (Å²) >= 11 is 0. The second kappa shape index (κ2) is 7.04.